The molecule has 0 bridgehead atoms. The summed E-state index contributed by atoms with van der Waals surface area (Å²) < 4.78 is 7.75. The van der Waals surface area contributed by atoms with E-state index in [4.69, 9.17) is 17.0 Å². The number of thiocarbonyl (C=S) groups is 1. The second-order valence-corrected chi connectivity index (χ2v) is 9.17. The summed E-state index contributed by atoms with van der Waals surface area (Å²) in [4.78, 5) is 6.96. The number of methoxy groups -OCH3 is 1. The molecule has 0 unspecified atom stereocenters. The third kappa shape index (κ3) is 4.24. The fourth-order valence-electron chi connectivity index (χ4n) is 5.08. The Kier molecular flexibility index (Phi) is 6.12. The predicted octanol–water partition coefficient (Wildman–Crippen LogP) is 5.57. The van der Waals surface area contributed by atoms with Crippen LogP contribution in [0, 0.1) is 0 Å². The van der Waals surface area contributed by atoms with Gasteiger partial charge in [0.1, 0.15) is 5.75 Å². The maximum Gasteiger partial charge on any atom is 0.170 e. The average Bonchev–Trinajstić information content (AvgIpc) is 3.46. The zero-order valence-electron chi connectivity index (χ0n) is 18.5. The Balaban J connectivity index is 1.47. The monoisotopic (exact) mass is 446 g/mol. The number of rotatable bonds is 6. The Bertz CT molecular complexity index is 1040. The highest BCUT2D eigenvalue weighted by molar-refractivity contribution is 7.80. The van der Waals surface area contributed by atoms with E-state index >= 15 is 0 Å². The first-order chi connectivity index (χ1) is 15.7. The Labute approximate surface area is 195 Å². The maximum absolute atomic E-state index is 5.83. The minimum atomic E-state index is 0.0177. The lowest BCUT2D eigenvalue weighted by Crippen LogP contribution is -2.29. The van der Waals surface area contributed by atoms with Crippen molar-refractivity contribution in [3.63, 3.8) is 0 Å². The summed E-state index contributed by atoms with van der Waals surface area (Å²) in [6, 6.07) is 17.3. The van der Waals surface area contributed by atoms with Crippen molar-refractivity contribution in [2.75, 3.05) is 7.11 Å². The number of pyridine rings is 1. The van der Waals surface area contributed by atoms with Crippen LogP contribution in [0.15, 0.2) is 67.1 Å². The Morgan fingerprint density at radius 3 is 2.59 bits per heavy atom. The zero-order chi connectivity index (χ0) is 21.9. The summed E-state index contributed by atoms with van der Waals surface area (Å²) in [6.45, 7) is 0.735. The van der Waals surface area contributed by atoms with Crippen LogP contribution in [0.2, 0.25) is 0 Å². The van der Waals surface area contributed by atoms with Gasteiger partial charge < -0.3 is 19.5 Å². The lowest BCUT2D eigenvalue weighted by Gasteiger charge is -2.28. The third-order valence-electron chi connectivity index (χ3n) is 6.78. The van der Waals surface area contributed by atoms with Crippen molar-refractivity contribution in [3.05, 3.63) is 83.9 Å². The van der Waals surface area contributed by atoms with E-state index in [0.29, 0.717) is 6.04 Å². The molecule has 3 heterocycles. The van der Waals surface area contributed by atoms with Crippen LogP contribution in [0.3, 0.4) is 0 Å². The van der Waals surface area contributed by atoms with Crippen LogP contribution in [-0.4, -0.2) is 26.7 Å². The minimum absolute atomic E-state index is 0.0177. The molecular formula is C26H30N4OS. The van der Waals surface area contributed by atoms with E-state index in [1.165, 1.54) is 43.2 Å². The number of aromatic nitrogens is 2. The van der Waals surface area contributed by atoms with E-state index in [9.17, 15) is 0 Å². The van der Waals surface area contributed by atoms with Crippen molar-refractivity contribution < 1.29 is 4.74 Å². The number of hydrogen-bond donors (Lipinski definition) is 1. The molecule has 1 saturated heterocycles. The van der Waals surface area contributed by atoms with Crippen molar-refractivity contribution in [2.24, 2.45) is 0 Å². The molecule has 2 atom stereocenters. The van der Waals surface area contributed by atoms with Crippen LogP contribution in [-0.2, 0) is 6.54 Å². The zero-order valence-corrected chi connectivity index (χ0v) is 19.3. The molecule has 1 saturated carbocycles. The maximum atomic E-state index is 5.83. The SMILES string of the molecule is COc1ccc(CN2C(=S)N[C@@H](c3ccccn3)[C@H]2c2ccn(C3CCCCC3)c2)cc1. The van der Waals surface area contributed by atoms with Crippen LogP contribution in [0.4, 0.5) is 0 Å². The first kappa shape index (κ1) is 21.0. The molecule has 6 heteroatoms. The van der Waals surface area contributed by atoms with Crippen molar-refractivity contribution in [1.29, 1.82) is 0 Å². The lowest BCUT2D eigenvalue weighted by molar-refractivity contribution is 0.309. The average molecular weight is 447 g/mol. The predicted molar refractivity (Wildman–Crippen MR) is 131 cm³/mol. The van der Waals surface area contributed by atoms with Gasteiger partial charge in [0.15, 0.2) is 5.11 Å². The standard InChI is InChI=1S/C26H30N4OS/c1-31-22-12-10-19(11-13-22)17-30-25(24(28-26(30)32)23-9-5-6-15-27-23)20-14-16-29(18-20)21-7-3-2-4-8-21/h5-6,9-16,18,21,24-25H,2-4,7-8,17H2,1H3,(H,28,32)/t24-,25+/m0/s1. The highest BCUT2D eigenvalue weighted by atomic mass is 32.1. The smallest absolute Gasteiger partial charge is 0.170 e. The highest BCUT2D eigenvalue weighted by Gasteiger charge is 2.40. The molecule has 1 aliphatic carbocycles. The van der Waals surface area contributed by atoms with E-state index in [0.717, 1.165) is 23.1 Å². The molecule has 166 valence electrons. The minimum Gasteiger partial charge on any atom is -0.497 e. The van der Waals surface area contributed by atoms with Crippen LogP contribution < -0.4 is 10.1 Å². The van der Waals surface area contributed by atoms with Gasteiger partial charge in [-0.2, -0.15) is 0 Å². The molecule has 1 aromatic carbocycles. The molecule has 2 aromatic heterocycles. The van der Waals surface area contributed by atoms with E-state index in [-0.39, 0.29) is 12.1 Å². The van der Waals surface area contributed by atoms with Crippen molar-refractivity contribution in [3.8, 4) is 5.75 Å². The van der Waals surface area contributed by atoms with E-state index in [1.54, 1.807) is 7.11 Å². The number of ether oxygens (including phenoxy) is 1. The summed E-state index contributed by atoms with van der Waals surface area (Å²) >= 11 is 5.83. The number of hydrogen-bond acceptors (Lipinski definition) is 3. The molecular weight excluding hydrogens is 416 g/mol. The van der Waals surface area contributed by atoms with Gasteiger partial charge in [0.25, 0.3) is 0 Å². The van der Waals surface area contributed by atoms with E-state index < -0.39 is 0 Å². The molecule has 3 aromatic rings. The molecule has 1 aliphatic heterocycles. The molecule has 1 N–H and O–H groups in total. The van der Waals surface area contributed by atoms with Crippen LogP contribution in [0.1, 0.15) is 67.1 Å². The van der Waals surface area contributed by atoms with E-state index in [1.807, 2.05) is 30.5 Å². The molecule has 5 rings (SSSR count). The number of nitrogens with one attached hydrogen (secondary N) is 1. The number of benzene rings is 1. The van der Waals surface area contributed by atoms with Gasteiger partial charge in [0, 0.05) is 31.2 Å². The first-order valence-corrected chi connectivity index (χ1v) is 11.9. The van der Waals surface area contributed by atoms with Gasteiger partial charge in [0.2, 0.25) is 0 Å². The Hall–Kier alpha value is -2.86. The summed E-state index contributed by atoms with van der Waals surface area (Å²) in [5, 5.41) is 4.33. The van der Waals surface area contributed by atoms with Gasteiger partial charge in [-0.1, -0.05) is 37.5 Å². The lowest BCUT2D eigenvalue weighted by atomic mass is 9.95. The largest absolute Gasteiger partial charge is 0.497 e. The van der Waals surface area contributed by atoms with Crippen molar-refractivity contribution in [1.82, 2.24) is 19.8 Å². The van der Waals surface area contributed by atoms with Gasteiger partial charge in [-0.05, 0) is 66.5 Å². The topological polar surface area (TPSA) is 42.3 Å². The molecule has 5 nitrogen and oxygen atoms in total. The van der Waals surface area contributed by atoms with Gasteiger partial charge in [-0.25, -0.2) is 0 Å². The summed E-state index contributed by atoms with van der Waals surface area (Å²) in [6.07, 6.45) is 13.0. The Morgan fingerprint density at radius 1 is 1.06 bits per heavy atom. The normalized spacial score (nSPS) is 21.5. The second kappa shape index (κ2) is 9.33. The second-order valence-electron chi connectivity index (χ2n) is 8.79. The van der Waals surface area contributed by atoms with Gasteiger partial charge in [-0.3, -0.25) is 4.98 Å². The molecule has 0 amide bonds. The molecule has 2 fully saturated rings. The highest BCUT2D eigenvalue weighted by Crippen LogP contribution is 2.40. The summed E-state index contributed by atoms with van der Waals surface area (Å²) in [7, 11) is 1.69. The fourth-order valence-corrected chi connectivity index (χ4v) is 5.38. The van der Waals surface area contributed by atoms with Crippen molar-refractivity contribution in [2.45, 2.75) is 56.8 Å². The van der Waals surface area contributed by atoms with Crippen molar-refractivity contribution >= 4 is 17.3 Å². The van der Waals surface area contributed by atoms with Crippen LogP contribution >= 0.6 is 12.2 Å². The molecule has 32 heavy (non-hydrogen) atoms. The molecule has 0 radical (unpaired) electrons. The molecule has 2 aliphatic rings. The van der Waals surface area contributed by atoms with Gasteiger partial charge in [-0.15, -0.1) is 0 Å². The van der Waals surface area contributed by atoms with Gasteiger partial charge in [0.05, 0.1) is 24.9 Å². The van der Waals surface area contributed by atoms with Crippen LogP contribution in [0.25, 0.3) is 0 Å². The van der Waals surface area contributed by atoms with Crippen LogP contribution in [0.5, 0.6) is 5.75 Å². The third-order valence-corrected chi connectivity index (χ3v) is 7.14. The summed E-state index contributed by atoms with van der Waals surface area (Å²) in [5.74, 6) is 0.864. The fraction of sp³-hybridized carbons (Fsp3) is 0.385. The Morgan fingerprint density at radius 2 is 1.88 bits per heavy atom. The molecule has 0 spiro atoms. The summed E-state index contributed by atoms with van der Waals surface area (Å²) in [5.41, 5.74) is 3.50. The first-order valence-electron chi connectivity index (χ1n) is 11.5. The number of nitrogens with zero attached hydrogens (tertiary/aromatic N) is 3. The van der Waals surface area contributed by atoms with Gasteiger partial charge >= 0.3 is 0 Å². The van der Waals surface area contributed by atoms with E-state index in [2.05, 4.69) is 56.4 Å². The quantitative estimate of drug-likeness (QED) is 0.502.